The first-order valence-electron chi connectivity index (χ1n) is 7.10. The Bertz CT molecular complexity index is 885. The molecule has 9 nitrogen and oxygen atoms in total. The first kappa shape index (κ1) is 17.9. The lowest BCUT2D eigenvalue weighted by atomic mass is 10.3. The quantitative estimate of drug-likeness (QED) is 0.652. The van der Waals surface area contributed by atoms with E-state index in [1.54, 1.807) is 5.38 Å². The molecule has 12 heteroatoms. The van der Waals surface area contributed by atoms with E-state index in [9.17, 15) is 18.0 Å². The number of morpholine rings is 1. The molecule has 0 aliphatic carbocycles. The number of amides is 2. The molecule has 0 spiro atoms. The summed E-state index contributed by atoms with van der Waals surface area (Å²) in [5.41, 5.74) is 4.18. The van der Waals surface area contributed by atoms with E-state index in [4.69, 9.17) is 10.5 Å². The van der Waals surface area contributed by atoms with Crippen LogP contribution in [0.2, 0.25) is 0 Å². The van der Waals surface area contributed by atoms with Gasteiger partial charge in [0.25, 0.3) is 11.8 Å². The highest BCUT2D eigenvalue weighted by Gasteiger charge is 2.33. The molecule has 1 atom stereocenters. The Morgan fingerprint density at radius 1 is 1.44 bits per heavy atom. The zero-order valence-corrected chi connectivity index (χ0v) is 15.2. The van der Waals surface area contributed by atoms with Crippen molar-refractivity contribution in [2.75, 3.05) is 25.0 Å². The number of aromatic nitrogens is 1. The number of nitrogens with one attached hydrogen (secondary N) is 2. The van der Waals surface area contributed by atoms with Crippen LogP contribution >= 0.6 is 22.7 Å². The number of sulfone groups is 1. The molecular weight excluding hydrogens is 388 g/mol. The number of rotatable bonds is 5. The van der Waals surface area contributed by atoms with Gasteiger partial charge in [0.1, 0.15) is 9.21 Å². The minimum Gasteiger partial charge on any atom is -0.366 e. The third-order valence-corrected chi connectivity index (χ3v) is 7.59. The van der Waals surface area contributed by atoms with Gasteiger partial charge in [-0.25, -0.2) is 13.4 Å². The number of primary amides is 1. The lowest BCUT2D eigenvalue weighted by Crippen LogP contribution is -2.42. The standard InChI is InChI=1S/C13H14N4O5S3/c14-10(18)7-5-9(25(20,21)8-6-15-1-3-22-8)24-12(7)17-11(19)13-16-2-4-23-13/h2,4-5,8,15H,1,3,6H2,(H2,14,18)(H,17,19). The number of thiazole rings is 1. The summed E-state index contributed by atoms with van der Waals surface area (Å²) in [7, 11) is -3.83. The largest absolute Gasteiger partial charge is 0.366 e. The maximum absolute atomic E-state index is 12.7. The van der Waals surface area contributed by atoms with Crippen LogP contribution in [0.25, 0.3) is 0 Å². The predicted octanol–water partition coefficient (Wildman–Crippen LogP) is 0.275. The van der Waals surface area contributed by atoms with E-state index in [0.717, 1.165) is 28.7 Å². The Kier molecular flexibility index (Phi) is 5.15. The number of nitrogens with two attached hydrogens (primary N) is 1. The van der Waals surface area contributed by atoms with Crippen LogP contribution in [0.15, 0.2) is 21.9 Å². The van der Waals surface area contributed by atoms with Gasteiger partial charge >= 0.3 is 0 Å². The van der Waals surface area contributed by atoms with Crippen LogP contribution in [0.3, 0.4) is 0 Å². The third-order valence-electron chi connectivity index (χ3n) is 3.35. The van der Waals surface area contributed by atoms with Crippen molar-refractivity contribution < 1.29 is 22.7 Å². The minimum atomic E-state index is -3.83. The molecule has 1 aliphatic heterocycles. The molecule has 0 radical (unpaired) electrons. The highest BCUT2D eigenvalue weighted by atomic mass is 32.2. The molecule has 25 heavy (non-hydrogen) atoms. The molecule has 3 heterocycles. The molecule has 0 bridgehead atoms. The SMILES string of the molecule is NC(=O)c1cc(S(=O)(=O)C2CNCCO2)sc1NC(=O)c1nccs1. The van der Waals surface area contributed by atoms with E-state index < -0.39 is 27.1 Å². The van der Waals surface area contributed by atoms with Gasteiger partial charge in [0.2, 0.25) is 9.84 Å². The lowest BCUT2D eigenvalue weighted by Gasteiger charge is -2.22. The van der Waals surface area contributed by atoms with Crippen molar-refractivity contribution in [3.63, 3.8) is 0 Å². The summed E-state index contributed by atoms with van der Waals surface area (Å²) in [5.74, 6) is -1.38. The maximum Gasteiger partial charge on any atom is 0.285 e. The van der Waals surface area contributed by atoms with Crippen molar-refractivity contribution in [1.82, 2.24) is 10.3 Å². The van der Waals surface area contributed by atoms with Crippen molar-refractivity contribution in [3.05, 3.63) is 28.2 Å². The Balaban J connectivity index is 1.91. The van der Waals surface area contributed by atoms with E-state index in [1.807, 2.05) is 0 Å². The molecule has 4 N–H and O–H groups in total. The molecular formula is C13H14N4O5S3. The van der Waals surface area contributed by atoms with E-state index in [1.165, 1.54) is 6.20 Å². The number of thiophene rings is 1. The van der Waals surface area contributed by atoms with Gasteiger partial charge in [-0.3, -0.25) is 9.59 Å². The molecule has 134 valence electrons. The van der Waals surface area contributed by atoms with Gasteiger partial charge in [0.05, 0.1) is 12.2 Å². The average molecular weight is 402 g/mol. The number of ether oxygens (including phenoxy) is 1. The molecule has 0 aromatic carbocycles. The Labute approximate surface area is 151 Å². The zero-order valence-electron chi connectivity index (χ0n) is 12.7. The summed E-state index contributed by atoms with van der Waals surface area (Å²) < 4.78 is 30.5. The number of anilines is 1. The van der Waals surface area contributed by atoms with Crippen molar-refractivity contribution in [2.24, 2.45) is 5.73 Å². The van der Waals surface area contributed by atoms with Crippen LogP contribution in [-0.4, -0.2) is 50.3 Å². The summed E-state index contributed by atoms with van der Waals surface area (Å²) in [6.45, 7) is 0.983. The summed E-state index contributed by atoms with van der Waals surface area (Å²) in [4.78, 5) is 27.6. The minimum absolute atomic E-state index is 0.0649. The molecule has 2 amide bonds. The van der Waals surface area contributed by atoms with Crippen molar-refractivity contribution in [3.8, 4) is 0 Å². The van der Waals surface area contributed by atoms with Crippen LogP contribution in [0.1, 0.15) is 20.2 Å². The second-order valence-corrected chi connectivity index (χ2v) is 9.27. The number of nitrogens with zero attached hydrogens (tertiary/aromatic N) is 1. The number of hydrogen-bond acceptors (Lipinski definition) is 9. The fourth-order valence-corrected chi connectivity index (χ4v) is 5.66. The van der Waals surface area contributed by atoms with Gasteiger partial charge in [-0.15, -0.1) is 22.7 Å². The van der Waals surface area contributed by atoms with Crippen LogP contribution in [0.5, 0.6) is 0 Å². The summed E-state index contributed by atoms with van der Waals surface area (Å²) in [6, 6.07) is 1.16. The summed E-state index contributed by atoms with van der Waals surface area (Å²) >= 11 is 1.88. The van der Waals surface area contributed by atoms with E-state index in [2.05, 4.69) is 15.6 Å². The molecule has 2 aromatic rings. The van der Waals surface area contributed by atoms with Gasteiger partial charge in [0.15, 0.2) is 10.4 Å². The van der Waals surface area contributed by atoms with Crippen LogP contribution < -0.4 is 16.4 Å². The smallest absolute Gasteiger partial charge is 0.285 e. The summed E-state index contributed by atoms with van der Waals surface area (Å²) in [6.07, 6.45) is 1.46. The normalized spacial score (nSPS) is 18.0. The monoisotopic (exact) mass is 402 g/mol. The highest BCUT2D eigenvalue weighted by Crippen LogP contribution is 2.34. The number of carbonyl (C=O) groups is 2. The van der Waals surface area contributed by atoms with Crippen LogP contribution in [-0.2, 0) is 14.6 Å². The highest BCUT2D eigenvalue weighted by molar-refractivity contribution is 7.94. The fourth-order valence-electron chi connectivity index (χ4n) is 2.15. The van der Waals surface area contributed by atoms with Gasteiger partial charge in [-0.2, -0.15) is 0 Å². The van der Waals surface area contributed by atoms with Gasteiger partial charge in [-0.1, -0.05) is 0 Å². The zero-order chi connectivity index (χ0) is 18.0. The van der Waals surface area contributed by atoms with Gasteiger partial charge < -0.3 is 21.1 Å². The Morgan fingerprint density at radius 2 is 2.24 bits per heavy atom. The first-order chi connectivity index (χ1) is 11.9. The van der Waals surface area contributed by atoms with E-state index >= 15 is 0 Å². The molecule has 1 unspecified atom stereocenters. The number of carbonyl (C=O) groups excluding carboxylic acids is 2. The van der Waals surface area contributed by atoms with Crippen molar-refractivity contribution in [2.45, 2.75) is 9.65 Å². The van der Waals surface area contributed by atoms with Crippen molar-refractivity contribution in [1.29, 1.82) is 0 Å². The summed E-state index contributed by atoms with van der Waals surface area (Å²) in [5, 5.41) is 7.31. The second kappa shape index (κ2) is 7.17. The second-order valence-electron chi connectivity index (χ2n) is 5.01. The van der Waals surface area contributed by atoms with Crippen molar-refractivity contribution >= 4 is 49.3 Å². The fraction of sp³-hybridized carbons (Fsp3) is 0.308. The predicted molar refractivity (Wildman–Crippen MR) is 92.7 cm³/mol. The molecule has 2 aromatic heterocycles. The molecule has 1 aliphatic rings. The number of hydrogen-bond donors (Lipinski definition) is 3. The molecule has 3 rings (SSSR count). The van der Waals surface area contributed by atoms with Crippen LogP contribution in [0.4, 0.5) is 5.00 Å². The van der Waals surface area contributed by atoms with Crippen LogP contribution in [0, 0.1) is 0 Å². The maximum atomic E-state index is 12.7. The average Bonchev–Trinajstić information content (AvgIpc) is 3.25. The van der Waals surface area contributed by atoms with Gasteiger partial charge in [-0.05, 0) is 6.07 Å². The lowest BCUT2D eigenvalue weighted by molar-refractivity contribution is 0.0786. The Morgan fingerprint density at radius 3 is 2.84 bits per heavy atom. The first-order valence-corrected chi connectivity index (χ1v) is 10.3. The third kappa shape index (κ3) is 3.72. The van der Waals surface area contributed by atoms with E-state index in [-0.39, 0.29) is 32.9 Å². The molecule has 0 saturated carbocycles. The molecule has 1 fully saturated rings. The Hall–Kier alpha value is -1.86. The van der Waals surface area contributed by atoms with E-state index in [0.29, 0.717) is 6.54 Å². The van der Waals surface area contributed by atoms with Gasteiger partial charge in [0, 0.05) is 24.7 Å². The molecule has 1 saturated heterocycles. The topological polar surface area (TPSA) is 140 Å².